The topological polar surface area (TPSA) is 124 Å². The number of carbonyl (C=O) groups is 2. The summed E-state index contributed by atoms with van der Waals surface area (Å²) >= 11 is 0. The van der Waals surface area contributed by atoms with Crippen molar-refractivity contribution in [1.29, 1.82) is 0 Å². The van der Waals surface area contributed by atoms with E-state index in [0.29, 0.717) is 23.9 Å². The standard InChI is InChI=1S/C45H82NO9P/c1-6-8-10-12-14-16-17-18-19-20-22-24-26-32-36-45(48)54-41(40-53-56(49,50)52-38-37-46(3,4)5)39-51-44(47)35-31-28-27-30-34-43-42(55-43)33-29-25-23-21-15-13-11-9-7-2/h15,21,25,27,29-30,41-43H,6-14,16-20,22-24,26,28,31-40H2,1-5H3/b21-15-,29-25-,30-27-/t41-,42?,43?/m1/s1. The van der Waals surface area contributed by atoms with Crippen molar-refractivity contribution in [1.82, 2.24) is 0 Å². The summed E-state index contributed by atoms with van der Waals surface area (Å²) in [5.74, 6) is -0.905. The van der Waals surface area contributed by atoms with Crippen molar-refractivity contribution < 1.29 is 46.8 Å². The molecule has 0 N–H and O–H groups in total. The highest BCUT2D eigenvalue weighted by Crippen LogP contribution is 2.38. The third kappa shape index (κ3) is 34.3. The summed E-state index contributed by atoms with van der Waals surface area (Å²) in [4.78, 5) is 37.6. The number of epoxide rings is 1. The zero-order chi connectivity index (χ0) is 41.2. The van der Waals surface area contributed by atoms with E-state index in [0.717, 1.165) is 51.4 Å². The van der Waals surface area contributed by atoms with Crippen LogP contribution in [0, 0.1) is 0 Å². The van der Waals surface area contributed by atoms with Crippen LogP contribution >= 0.6 is 7.82 Å². The molecule has 0 saturated carbocycles. The van der Waals surface area contributed by atoms with Crippen molar-refractivity contribution in [2.45, 2.75) is 193 Å². The summed E-state index contributed by atoms with van der Waals surface area (Å²) in [7, 11) is 1.13. The minimum absolute atomic E-state index is 0.0414. The minimum atomic E-state index is -4.64. The molecule has 0 aliphatic carbocycles. The van der Waals surface area contributed by atoms with Crippen LogP contribution in [0.15, 0.2) is 36.5 Å². The highest BCUT2D eigenvalue weighted by molar-refractivity contribution is 7.45. The quantitative estimate of drug-likeness (QED) is 0.0149. The lowest BCUT2D eigenvalue weighted by atomic mass is 10.0. The van der Waals surface area contributed by atoms with Gasteiger partial charge < -0.3 is 32.6 Å². The van der Waals surface area contributed by atoms with Crippen LogP contribution in [0.3, 0.4) is 0 Å². The molecule has 1 aliphatic heterocycles. The first-order chi connectivity index (χ1) is 27.0. The number of phosphoric ester groups is 1. The molecule has 1 heterocycles. The zero-order valence-electron chi connectivity index (χ0n) is 36.3. The number of rotatable bonds is 39. The van der Waals surface area contributed by atoms with Crippen molar-refractivity contribution in [3.05, 3.63) is 36.5 Å². The average molecular weight is 812 g/mol. The number of likely N-dealkylation sites (N-methyl/N-ethyl adjacent to an activating group) is 1. The number of quaternary nitrogens is 1. The third-order valence-electron chi connectivity index (χ3n) is 9.82. The highest BCUT2D eigenvalue weighted by Gasteiger charge is 2.36. The number of nitrogens with zero attached hydrogens (tertiary/aromatic N) is 1. The Morgan fingerprint density at radius 1 is 0.643 bits per heavy atom. The van der Waals surface area contributed by atoms with Gasteiger partial charge in [-0.25, -0.2) is 0 Å². The number of allylic oxidation sites excluding steroid dienone is 4. The fraction of sp³-hybridized carbons (Fsp3) is 0.822. The molecular weight excluding hydrogens is 729 g/mol. The molecule has 0 aromatic carbocycles. The zero-order valence-corrected chi connectivity index (χ0v) is 37.2. The first-order valence-electron chi connectivity index (χ1n) is 22.3. The maximum atomic E-state index is 12.7. The summed E-state index contributed by atoms with van der Waals surface area (Å²) in [5.41, 5.74) is 0. The first kappa shape index (κ1) is 52.2. The van der Waals surface area contributed by atoms with E-state index >= 15 is 0 Å². The Bertz CT molecular complexity index is 1120. The second-order valence-corrected chi connectivity index (χ2v) is 17.9. The molecule has 4 atom stereocenters. The second kappa shape index (κ2) is 34.1. The van der Waals surface area contributed by atoms with E-state index in [1.54, 1.807) is 0 Å². The van der Waals surface area contributed by atoms with Gasteiger partial charge in [-0.05, 0) is 51.4 Å². The van der Waals surface area contributed by atoms with E-state index in [1.807, 2.05) is 21.1 Å². The Kier molecular flexibility index (Phi) is 31.8. The Balaban J connectivity index is 2.32. The predicted molar refractivity (Wildman–Crippen MR) is 226 cm³/mol. The molecule has 10 nitrogen and oxygen atoms in total. The smallest absolute Gasteiger partial charge is 0.306 e. The van der Waals surface area contributed by atoms with Crippen molar-refractivity contribution in [2.24, 2.45) is 0 Å². The predicted octanol–water partition coefficient (Wildman–Crippen LogP) is 10.9. The van der Waals surface area contributed by atoms with Crippen molar-refractivity contribution in [3.63, 3.8) is 0 Å². The van der Waals surface area contributed by atoms with Crippen molar-refractivity contribution in [3.8, 4) is 0 Å². The maximum absolute atomic E-state index is 12.7. The van der Waals surface area contributed by atoms with E-state index in [1.165, 1.54) is 83.5 Å². The molecule has 56 heavy (non-hydrogen) atoms. The molecule has 11 heteroatoms. The van der Waals surface area contributed by atoms with Gasteiger partial charge in [0.25, 0.3) is 7.82 Å². The van der Waals surface area contributed by atoms with Gasteiger partial charge in [0.15, 0.2) is 6.10 Å². The van der Waals surface area contributed by atoms with Gasteiger partial charge in [0, 0.05) is 12.8 Å². The Labute approximate surface area is 342 Å². The van der Waals surface area contributed by atoms with Gasteiger partial charge in [0.05, 0.1) is 40.0 Å². The molecule has 0 aromatic heterocycles. The van der Waals surface area contributed by atoms with Gasteiger partial charge in [-0.1, -0.05) is 147 Å². The van der Waals surface area contributed by atoms with Crippen molar-refractivity contribution >= 4 is 19.8 Å². The maximum Gasteiger partial charge on any atom is 0.306 e. The Hall–Kier alpha value is -1.81. The van der Waals surface area contributed by atoms with Crippen LogP contribution in [0.2, 0.25) is 0 Å². The van der Waals surface area contributed by atoms with Gasteiger partial charge in [0.2, 0.25) is 0 Å². The van der Waals surface area contributed by atoms with Crippen LogP contribution in [-0.4, -0.2) is 82.2 Å². The fourth-order valence-corrected chi connectivity index (χ4v) is 6.89. The number of phosphoric acid groups is 1. The largest absolute Gasteiger partial charge is 0.756 e. The second-order valence-electron chi connectivity index (χ2n) is 16.5. The number of ether oxygens (including phenoxy) is 3. The summed E-state index contributed by atoms with van der Waals surface area (Å²) in [6, 6.07) is 0. The lowest BCUT2D eigenvalue weighted by Crippen LogP contribution is -2.37. The number of carbonyl (C=O) groups excluding carboxylic acids is 2. The minimum Gasteiger partial charge on any atom is -0.756 e. The van der Waals surface area contributed by atoms with E-state index in [4.69, 9.17) is 23.3 Å². The van der Waals surface area contributed by atoms with Crippen LogP contribution in [0.1, 0.15) is 174 Å². The lowest BCUT2D eigenvalue weighted by Gasteiger charge is -2.28. The number of esters is 2. The average Bonchev–Trinajstić information content (AvgIpc) is 3.90. The summed E-state index contributed by atoms with van der Waals surface area (Å²) in [6.45, 7) is 4.12. The molecule has 0 spiro atoms. The van der Waals surface area contributed by atoms with Gasteiger partial charge in [-0.2, -0.15) is 0 Å². The third-order valence-corrected chi connectivity index (χ3v) is 10.8. The molecule has 3 unspecified atom stereocenters. The SMILES string of the molecule is CCCCC/C=C\C/C=C\CC1OC1C/C=C\CCCC(=O)OC[C@H](COP(=O)([O-])OCC[N+](C)(C)C)OC(=O)CCCCCCCCCCCCCCCC. The number of hydrogen-bond donors (Lipinski definition) is 0. The molecule has 1 fully saturated rings. The molecule has 1 rings (SSSR count). The van der Waals surface area contributed by atoms with E-state index < -0.39 is 32.5 Å². The van der Waals surface area contributed by atoms with Crippen molar-refractivity contribution in [2.75, 3.05) is 47.5 Å². The monoisotopic (exact) mass is 812 g/mol. The van der Waals surface area contributed by atoms with Gasteiger partial charge in [-0.15, -0.1) is 0 Å². The molecule has 0 radical (unpaired) electrons. The van der Waals surface area contributed by atoms with E-state index in [-0.39, 0.29) is 38.3 Å². The van der Waals surface area contributed by atoms with E-state index in [2.05, 4.69) is 50.3 Å². The van der Waals surface area contributed by atoms with Gasteiger partial charge >= 0.3 is 11.9 Å². The Morgan fingerprint density at radius 2 is 1.14 bits per heavy atom. The molecule has 326 valence electrons. The van der Waals surface area contributed by atoms with Crippen LogP contribution in [0.4, 0.5) is 0 Å². The van der Waals surface area contributed by atoms with Crippen LogP contribution in [0.5, 0.6) is 0 Å². The fourth-order valence-electron chi connectivity index (χ4n) is 6.16. The molecule has 1 aliphatic rings. The molecular formula is C45H82NO9P. The summed E-state index contributed by atoms with van der Waals surface area (Å²) in [5, 5.41) is 0. The first-order valence-corrected chi connectivity index (χ1v) is 23.8. The number of unbranched alkanes of at least 4 members (excludes halogenated alkanes) is 17. The van der Waals surface area contributed by atoms with Gasteiger partial charge in [-0.3, -0.25) is 14.2 Å². The van der Waals surface area contributed by atoms with Crippen LogP contribution < -0.4 is 4.89 Å². The van der Waals surface area contributed by atoms with Crippen LogP contribution in [-0.2, 0) is 37.4 Å². The number of hydrogen-bond acceptors (Lipinski definition) is 9. The Morgan fingerprint density at radius 3 is 1.75 bits per heavy atom. The summed E-state index contributed by atoms with van der Waals surface area (Å²) < 4.78 is 39.6. The van der Waals surface area contributed by atoms with Gasteiger partial charge in [0.1, 0.15) is 19.8 Å². The molecule has 1 saturated heterocycles. The molecule has 0 aromatic rings. The lowest BCUT2D eigenvalue weighted by molar-refractivity contribution is -0.870. The summed E-state index contributed by atoms with van der Waals surface area (Å²) in [6.07, 6.45) is 39.1. The molecule has 0 bridgehead atoms. The highest BCUT2D eigenvalue weighted by atomic mass is 31.2. The van der Waals surface area contributed by atoms with Crippen LogP contribution in [0.25, 0.3) is 0 Å². The molecule has 0 amide bonds. The normalized spacial score (nSPS) is 17.5. The van der Waals surface area contributed by atoms with E-state index in [9.17, 15) is 19.0 Å².